The maximum Gasteiger partial charge on any atom is 0.248 e. The predicted octanol–water partition coefficient (Wildman–Crippen LogP) is 3.86. The standard InChI is InChI=1S/C27H40N2O6S2/c1-19(2)17-29(37(32,33)26-20(3)16-23(34-6)21(4)22(26)5)13-14-35-18-25(30)28-11-9-27(31,10-12-28)24-8-7-15-36-24/h7-8,15-16,19,31H,9-14,17-18H2,1-6H3. The van der Waals surface area contributed by atoms with Gasteiger partial charge in [0.1, 0.15) is 18.0 Å². The molecule has 3 rings (SSSR count). The van der Waals surface area contributed by atoms with Crippen molar-refractivity contribution in [3.63, 3.8) is 0 Å². The lowest BCUT2D eigenvalue weighted by atomic mass is 9.90. The van der Waals surface area contributed by atoms with Crippen molar-refractivity contribution in [1.82, 2.24) is 9.21 Å². The summed E-state index contributed by atoms with van der Waals surface area (Å²) in [5.41, 5.74) is 1.23. The van der Waals surface area contributed by atoms with Gasteiger partial charge in [0.15, 0.2) is 0 Å². The second-order valence-corrected chi connectivity index (χ2v) is 13.0. The Bertz CT molecular complexity index is 1170. The second-order valence-electron chi connectivity index (χ2n) is 10.2. The normalized spacial score (nSPS) is 16.0. The summed E-state index contributed by atoms with van der Waals surface area (Å²) in [7, 11) is -2.21. The van der Waals surface area contributed by atoms with Crippen molar-refractivity contribution in [3.05, 3.63) is 45.1 Å². The molecule has 0 saturated carbocycles. The largest absolute Gasteiger partial charge is 0.496 e. The van der Waals surface area contributed by atoms with Gasteiger partial charge in [0.25, 0.3) is 0 Å². The van der Waals surface area contributed by atoms with Crippen LogP contribution in [0.1, 0.15) is 48.3 Å². The zero-order chi connectivity index (χ0) is 27.4. The molecule has 0 atom stereocenters. The molecule has 0 bridgehead atoms. The van der Waals surface area contributed by atoms with Gasteiger partial charge in [-0.25, -0.2) is 8.42 Å². The van der Waals surface area contributed by atoms with Gasteiger partial charge < -0.3 is 19.5 Å². The van der Waals surface area contributed by atoms with E-state index < -0.39 is 15.6 Å². The fraction of sp³-hybridized carbons (Fsp3) is 0.593. The fourth-order valence-electron chi connectivity index (χ4n) is 4.81. The zero-order valence-corrected chi connectivity index (χ0v) is 24.4. The fourth-order valence-corrected chi connectivity index (χ4v) is 7.77. The number of rotatable bonds is 11. The Balaban J connectivity index is 1.60. The van der Waals surface area contributed by atoms with Crippen molar-refractivity contribution in [3.8, 4) is 5.75 Å². The monoisotopic (exact) mass is 552 g/mol. The molecule has 37 heavy (non-hydrogen) atoms. The van der Waals surface area contributed by atoms with E-state index in [0.717, 1.165) is 10.4 Å². The van der Waals surface area contributed by atoms with E-state index in [9.17, 15) is 18.3 Å². The van der Waals surface area contributed by atoms with E-state index in [1.54, 1.807) is 31.9 Å². The Morgan fingerprint density at radius 1 is 1.22 bits per heavy atom. The molecule has 0 radical (unpaired) electrons. The van der Waals surface area contributed by atoms with Crippen molar-refractivity contribution >= 4 is 27.3 Å². The number of ether oxygens (including phenoxy) is 2. The Labute approximate surface area is 225 Å². The highest BCUT2D eigenvalue weighted by molar-refractivity contribution is 7.89. The minimum Gasteiger partial charge on any atom is -0.496 e. The van der Waals surface area contributed by atoms with Crippen molar-refractivity contribution < 1.29 is 27.8 Å². The third kappa shape index (κ3) is 6.72. The molecule has 1 aliphatic heterocycles. The number of benzene rings is 1. The second kappa shape index (κ2) is 12.3. The molecule has 1 aromatic carbocycles. The summed E-state index contributed by atoms with van der Waals surface area (Å²) < 4.78 is 40.0. The number of amides is 1. The van der Waals surface area contributed by atoms with Gasteiger partial charge in [0.05, 0.1) is 18.6 Å². The van der Waals surface area contributed by atoms with Gasteiger partial charge in [-0.2, -0.15) is 4.31 Å². The van der Waals surface area contributed by atoms with E-state index in [4.69, 9.17) is 9.47 Å². The molecule has 1 saturated heterocycles. The number of hydrogen-bond donors (Lipinski definition) is 1. The van der Waals surface area contributed by atoms with E-state index in [1.807, 2.05) is 38.3 Å². The summed E-state index contributed by atoms with van der Waals surface area (Å²) in [6.45, 7) is 10.8. The van der Waals surface area contributed by atoms with Crippen molar-refractivity contribution in [2.75, 3.05) is 46.5 Å². The Kier molecular flexibility index (Phi) is 9.79. The van der Waals surface area contributed by atoms with Gasteiger partial charge in [-0.15, -0.1) is 11.3 Å². The molecular weight excluding hydrogens is 512 g/mol. The highest BCUT2D eigenvalue weighted by Gasteiger charge is 2.36. The van der Waals surface area contributed by atoms with Crippen LogP contribution in [-0.2, 0) is 25.2 Å². The van der Waals surface area contributed by atoms with Crippen LogP contribution in [0.15, 0.2) is 28.5 Å². The lowest BCUT2D eigenvalue weighted by Gasteiger charge is -2.37. The van der Waals surface area contributed by atoms with Crippen LogP contribution in [0.2, 0.25) is 0 Å². The minimum absolute atomic E-state index is 0.109. The van der Waals surface area contributed by atoms with E-state index in [1.165, 1.54) is 15.6 Å². The number of hydrogen-bond acceptors (Lipinski definition) is 7. The zero-order valence-electron chi connectivity index (χ0n) is 22.7. The summed E-state index contributed by atoms with van der Waals surface area (Å²) in [5.74, 6) is 0.633. The van der Waals surface area contributed by atoms with E-state index in [0.29, 0.717) is 54.2 Å². The Hall–Kier alpha value is -1.98. The SMILES string of the molecule is COc1cc(C)c(S(=O)(=O)N(CCOCC(=O)N2CCC(O)(c3cccs3)CC2)CC(C)C)c(C)c1C. The van der Waals surface area contributed by atoms with Crippen LogP contribution in [0.25, 0.3) is 0 Å². The summed E-state index contributed by atoms with van der Waals surface area (Å²) in [4.78, 5) is 15.6. The number of aliphatic hydroxyl groups is 1. The number of carbonyl (C=O) groups is 1. The number of aryl methyl sites for hydroxylation is 1. The van der Waals surface area contributed by atoms with E-state index >= 15 is 0 Å². The van der Waals surface area contributed by atoms with Crippen molar-refractivity contribution in [2.24, 2.45) is 5.92 Å². The van der Waals surface area contributed by atoms with Crippen LogP contribution in [0.4, 0.5) is 0 Å². The van der Waals surface area contributed by atoms with Crippen LogP contribution in [0.5, 0.6) is 5.75 Å². The van der Waals surface area contributed by atoms with Gasteiger partial charge in [0.2, 0.25) is 15.9 Å². The molecule has 2 aromatic rings. The van der Waals surface area contributed by atoms with Crippen LogP contribution in [-0.4, -0.2) is 75.1 Å². The number of carbonyl (C=O) groups excluding carboxylic acids is 1. The first-order chi connectivity index (χ1) is 17.4. The van der Waals surface area contributed by atoms with E-state index in [-0.39, 0.29) is 31.6 Å². The minimum atomic E-state index is -3.79. The molecule has 1 amide bonds. The summed E-state index contributed by atoms with van der Waals surface area (Å²) in [6.07, 6.45) is 0.972. The number of sulfonamides is 1. The van der Waals surface area contributed by atoms with Crippen LogP contribution < -0.4 is 4.74 Å². The molecule has 10 heteroatoms. The number of nitrogens with zero attached hydrogens (tertiary/aromatic N) is 2. The highest BCUT2D eigenvalue weighted by atomic mass is 32.2. The molecule has 1 N–H and O–H groups in total. The van der Waals surface area contributed by atoms with Gasteiger partial charge in [-0.1, -0.05) is 19.9 Å². The van der Waals surface area contributed by atoms with E-state index in [2.05, 4.69) is 0 Å². The average molecular weight is 553 g/mol. The number of piperidine rings is 1. The maximum atomic E-state index is 13.7. The molecule has 0 spiro atoms. The lowest BCUT2D eigenvalue weighted by Crippen LogP contribution is -2.46. The number of thiophene rings is 1. The third-order valence-electron chi connectivity index (χ3n) is 7.00. The summed E-state index contributed by atoms with van der Waals surface area (Å²) >= 11 is 1.53. The molecule has 1 aliphatic rings. The van der Waals surface area contributed by atoms with Gasteiger partial charge in [-0.3, -0.25) is 4.79 Å². The summed E-state index contributed by atoms with van der Waals surface area (Å²) in [5, 5.41) is 12.8. The first kappa shape index (κ1) is 29.6. The molecule has 0 unspecified atom stereocenters. The average Bonchev–Trinajstić information content (AvgIpc) is 3.39. The van der Waals surface area contributed by atoms with Crippen LogP contribution in [0.3, 0.4) is 0 Å². The molecule has 8 nitrogen and oxygen atoms in total. The molecule has 0 aliphatic carbocycles. The first-order valence-corrected chi connectivity index (χ1v) is 15.0. The Morgan fingerprint density at radius 2 is 1.89 bits per heavy atom. The number of likely N-dealkylation sites (tertiary alicyclic amines) is 1. The quantitative estimate of drug-likeness (QED) is 0.426. The molecule has 1 aromatic heterocycles. The topological polar surface area (TPSA) is 96.4 Å². The Morgan fingerprint density at radius 3 is 2.46 bits per heavy atom. The smallest absolute Gasteiger partial charge is 0.248 e. The molecule has 1 fully saturated rings. The molecule has 2 heterocycles. The molecule has 206 valence electrons. The molecular formula is C27H40N2O6S2. The van der Waals surface area contributed by atoms with Gasteiger partial charge in [0, 0.05) is 31.1 Å². The first-order valence-electron chi connectivity index (χ1n) is 12.7. The summed E-state index contributed by atoms with van der Waals surface area (Å²) in [6, 6.07) is 5.61. The predicted molar refractivity (Wildman–Crippen MR) is 146 cm³/mol. The maximum absolute atomic E-state index is 13.7. The third-order valence-corrected chi connectivity index (χ3v) is 10.2. The van der Waals surface area contributed by atoms with Crippen molar-refractivity contribution in [2.45, 2.75) is 58.0 Å². The van der Waals surface area contributed by atoms with Gasteiger partial charge in [-0.05, 0) is 73.7 Å². The lowest BCUT2D eigenvalue weighted by molar-refractivity contribution is -0.140. The van der Waals surface area contributed by atoms with Crippen LogP contribution in [0, 0.1) is 26.7 Å². The van der Waals surface area contributed by atoms with Crippen LogP contribution >= 0.6 is 11.3 Å². The number of methoxy groups -OCH3 is 1. The highest BCUT2D eigenvalue weighted by Crippen LogP contribution is 2.35. The van der Waals surface area contributed by atoms with Gasteiger partial charge >= 0.3 is 0 Å². The van der Waals surface area contributed by atoms with Crippen molar-refractivity contribution in [1.29, 1.82) is 0 Å².